The van der Waals surface area contributed by atoms with Crippen LogP contribution in [-0.4, -0.2) is 12.6 Å². The number of halogens is 2. The summed E-state index contributed by atoms with van der Waals surface area (Å²) in [6, 6.07) is 3.12. The second-order valence-corrected chi connectivity index (χ2v) is 4.11. The van der Waals surface area contributed by atoms with E-state index in [1.165, 1.54) is 12.1 Å². The largest absolute Gasteiger partial charge is 0.397 e. The van der Waals surface area contributed by atoms with E-state index in [1.807, 2.05) is 25.7 Å². The third-order valence-electron chi connectivity index (χ3n) is 2.34. The van der Waals surface area contributed by atoms with Crippen molar-refractivity contribution in [2.45, 2.75) is 26.8 Å². The molecule has 0 unspecified atom stereocenters. The van der Waals surface area contributed by atoms with Crippen molar-refractivity contribution in [1.29, 1.82) is 0 Å². The quantitative estimate of drug-likeness (QED) is 0.808. The molecule has 2 nitrogen and oxygen atoms in total. The molecule has 0 saturated carbocycles. The zero-order valence-corrected chi connectivity index (χ0v) is 9.98. The average Bonchev–Trinajstić information content (AvgIpc) is 2.14. The fraction of sp³-hybridized carbons (Fsp3) is 0.455. The van der Waals surface area contributed by atoms with Gasteiger partial charge in [-0.15, -0.1) is 0 Å². The zero-order chi connectivity index (χ0) is 11.6. The Morgan fingerprint density at radius 2 is 2.07 bits per heavy atom. The first kappa shape index (κ1) is 12.1. The van der Waals surface area contributed by atoms with Crippen LogP contribution in [0.4, 0.5) is 15.8 Å². The van der Waals surface area contributed by atoms with Gasteiger partial charge >= 0.3 is 0 Å². The van der Waals surface area contributed by atoms with E-state index >= 15 is 0 Å². The van der Waals surface area contributed by atoms with E-state index in [4.69, 9.17) is 17.3 Å². The first-order chi connectivity index (χ1) is 6.97. The number of hydrogen-bond donors (Lipinski definition) is 1. The van der Waals surface area contributed by atoms with Crippen molar-refractivity contribution in [1.82, 2.24) is 0 Å². The van der Waals surface area contributed by atoms with Gasteiger partial charge in [-0.2, -0.15) is 0 Å². The highest BCUT2D eigenvalue weighted by molar-refractivity contribution is 6.31. The summed E-state index contributed by atoms with van der Waals surface area (Å²) in [7, 11) is 0. The molecule has 1 aromatic carbocycles. The normalized spacial score (nSPS) is 10.8. The minimum Gasteiger partial charge on any atom is -0.397 e. The Bertz CT molecular complexity index is 353. The molecular weight excluding hydrogens is 215 g/mol. The summed E-state index contributed by atoms with van der Waals surface area (Å²) in [6.07, 6.45) is 0. The first-order valence-electron chi connectivity index (χ1n) is 4.98. The average molecular weight is 231 g/mol. The molecule has 0 heterocycles. The van der Waals surface area contributed by atoms with Crippen molar-refractivity contribution in [3.05, 3.63) is 23.0 Å². The molecule has 0 amide bonds. The Balaban J connectivity index is 3.18. The van der Waals surface area contributed by atoms with Gasteiger partial charge in [-0.05, 0) is 26.8 Å². The Hall–Kier alpha value is -0.960. The van der Waals surface area contributed by atoms with Crippen molar-refractivity contribution < 1.29 is 4.39 Å². The van der Waals surface area contributed by atoms with Crippen LogP contribution in [0.5, 0.6) is 0 Å². The Labute approximate surface area is 94.8 Å². The molecule has 0 spiro atoms. The molecule has 0 aliphatic rings. The Kier molecular flexibility index (Phi) is 3.80. The maximum atomic E-state index is 13.3. The van der Waals surface area contributed by atoms with Crippen LogP contribution in [0.3, 0.4) is 0 Å². The van der Waals surface area contributed by atoms with Crippen LogP contribution in [0, 0.1) is 5.82 Å². The lowest BCUT2D eigenvalue weighted by Gasteiger charge is -2.28. The monoisotopic (exact) mass is 230 g/mol. The molecule has 0 aliphatic heterocycles. The molecule has 0 aromatic heterocycles. The molecule has 0 fully saturated rings. The van der Waals surface area contributed by atoms with Crippen molar-refractivity contribution >= 4 is 23.0 Å². The van der Waals surface area contributed by atoms with Gasteiger partial charge in [0.1, 0.15) is 5.82 Å². The third kappa shape index (κ3) is 2.53. The molecule has 1 aromatic rings. The van der Waals surface area contributed by atoms with Crippen molar-refractivity contribution in [2.24, 2.45) is 0 Å². The minimum atomic E-state index is -0.431. The van der Waals surface area contributed by atoms with Crippen LogP contribution in [0.2, 0.25) is 5.02 Å². The fourth-order valence-electron chi connectivity index (χ4n) is 1.61. The SMILES string of the molecule is CCN(c1cc(F)c(Cl)cc1N)C(C)C. The van der Waals surface area contributed by atoms with Crippen molar-refractivity contribution in [2.75, 3.05) is 17.2 Å². The summed E-state index contributed by atoms with van der Waals surface area (Å²) in [4.78, 5) is 2.02. The number of nitrogens with zero attached hydrogens (tertiary/aromatic N) is 1. The molecule has 2 N–H and O–H groups in total. The molecule has 0 radical (unpaired) electrons. The third-order valence-corrected chi connectivity index (χ3v) is 2.63. The highest BCUT2D eigenvalue weighted by Gasteiger charge is 2.14. The van der Waals surface area contributed by atoms with Gasteiger partial charge in [0.25, 0.3) is 0 Å². The van der Waals surface area contributed by atoms with E-state index in [-0.39, 0.29) is 11.1 Å². The maximum Gasteiger partial charge on any atom is 0.144 e. The van der Waals surface area contributed by atoms with E-state index < -0.39 is 5.82 Å². The van der Waals surface area contributed by atoms with Gasteiger partial charge in [0.2, 0.25) is 0 Å². The molecule has 0 atom stereocenters. The first-order valence-corrected chi connectivity index (χ1v) is 5.36. The smallest absolute Gasteiger partial charge is 0.144 e. The predicted molar refractivity (Wildman–Crippen MR) is 64.0 cm³/mol. The van der Waals surface area contributed by atoms with Gasteiger partial charge < -0.3 is 10.6 Å². The zero-order valence-electron chi connectivity index (χ0n) is 9.22. The summed E-state index contributed by atoms with van der Waals surface area (Å²) in [5, 5.41) is 0.0658. The Morgan fingerprint density at radius 1 is 1.47 bits per heavy atom. The van der Waals surface area contributed by atoms with Gasteiger partial charge in [0.05, 0.1) is 16.4 Å². The van der Waals surface area contributed by atoms with Crippen molar-refractivity contribution in [3.63, 3.8) is 0 Å². The highest BCUT2D eigenvalue weighted by atomic mass is 35.5. The molecule has 84 valence electrons. The number of nitrogen functional groups attached to an aromatic ring is 1. The summed E-state index contributed by atoms with van der Waals surface area (Å²) >= 11 is 5.64. The van der Waals surface area contributed by atoms with Crippen LogP contribution >= 0.6 is 11.6 Å². The van der Waals surface area contributed by atoms with Gasteiger partial charge in [-0.25, -0.2) is 4.39 Å². The molecule has 0 bridgehead atoms. The van der Waals surface area contributed by atoms with Crippen LogP contribution in [0.25, 0.3) is 0 Å². The van der Waals surface area contributed by atoms with Gasteiger partial charge in [-0.1, -0.05) is 11.6 Å². The Morgan fingerprint density at radius 3 is 2.53 bits per heavy atom. The summed E-state index contributed by atoms with van der Waals surface area (Å²) in [6.45, 7) is 6.86. The van der Waals surface area contributed by atoms with E-state index in [0.29, 0.717) is 11.4 Å². The van der Waals surface area contributed by atoms with Gasteiger partial charge in [0.15, 0.2) is 0 Å². The highest BCUT2D eigenvalue weighted by Crippen LogP contribution is 2.30. The number of rotatable bonds is 3. The number of benzene rings is 1. The molecule has 15 heavy (non-hydrogen) atoms. The van der Waals surface area contributed by atoms with Crippen LogP contribution in [0.1, 0.15) is 20.8 Å². The molecular formula is C11H16ClFN2. The summed E-state index contributed by atoms with van der Waals surface area (Å²) in [5.74, 6) is -0.431. The number of anilines is 2. The van der Waals surface area contributed by atoms with E-state index in [0.717, 1.165) is 6.54 Å². The molecule has 4 heteroatoms. The summed E-state index contributed by atoms with van der Waals surface area (Å²) in [5.41, 5.74) is 7.03. The fourth-order valence-corrected chi connectivity index (χ4v) is 1.79. The van der Waals surface area contributed by atoms with Crippen molar-refractivity contribution in [3.8, 4) is 0 Å². The second kappa shape index (κ2) is 4.71. The second-order valence-electron chi connectivity index (χ2n) is 3.70. The topological polar surface area (TPSA) is 29.3 Å². The minimum absolute atomic E-state index is 0.0658. The van der Waals surface area contributed by atoms with E-state index in [9.17, 15) is 4.39 Å². The van der Waals surface area contributed by atoms with E-state index in [2.05, 4.69) is 0 Å². The lowest BCUT2D eigenvalue weighted by molar-refractivity contribution is 0.624. The maximum absolute atomic E-state index is 13.3. The number of nitrogens with two attached hydrogens (primary N) is 1. The van der Waals surface area contributed by atoms with Crippen LogP contribution in [-0.2, 0) is 0 Å². The standard InChI is InChI=1S/C11H16ClFN2/c1-4-15(7(2)3)11-6-9(13)8(12)5-10(11)14/h5-7H,4,14H2,1-3H3. The lowest BCUT2D eigenvalue weighted by atomic mass is 10.2. The van der Waals surface area contributed by atoms with Crippen LogP contribution < -0.4 is 10.6 Å². The lowest BCUT2D eigenvalue weighted by Crippen LogP contribution is -2.31. The summed E-state index contributed by atoms with van der Waals surface area (Å²) < 4.78 is 13.3. The molecule has 0 aliphatic carbocycles. The van der Waals surface area contributed by atoms with Crippen LogP contribution in [0.15, 0.2) is 12.1 Å². The number of hydrogen-bond acceptors (Lipinski definition) is 2. The molecule has 0 saturated heterocycles. The molecule has 1 rings (SSSR count). The predicted octanol–water partition coefficient (Wildman–Crippen LogP) is 3.30. The van der Waals surface area contributed by atoms with E-state index in [1.54, 1.807) is 0 Å². The van der Waals surface area contributed by atoms with Gasteiger partial charge in [-0.3, -0.25) is 0 Å². The van der Waals surface area contributed by atoms with Gasteiger partial charge in [0, 0.05) is 18.7 Å².